The summed E-state index contributed by atoms with van der Waals surface area (Å²) in [4.78, 5) is 11.8. The summed E-state index contributed by atoms with van der Waals surface area (Å²) in [5.41, 5.74) is 1.87. The summed E-state index contributed by atoms with van der Waals surface area (Å²) in [7, 11) is 0. The fourth-order valence-electron chi connectivity index (χ4n) is 3.16. The molecule has 0 spiro atoms. The normalized spacial score (nSPS) is 14.0. The standard InChI is InChI=1S/C22H24N4O2/c1-2-28-19-11-7-6-10-18(19)23-20-16-21(26-12-14-27-15-13-26)25-22(24-20)17-8-4-3-5-9-17/h3-11,16H,2,12-15H2,1H3,(H,23,24,25). The molecule has 1 N–H and O–H groups in total. The Morgan fingerprint density at radius 2 is 1.75 bits per heavy atom. The van der Waals surface area contributed by atoms with E-state index in [2.05, 4.69) is 10.2 Å². The van der Waals surface area contributed by atoms with Gasteiger partial charge in [-0.2, -0.15) is 0 Å². The summed E-state index contributed by atoms with van der Waals surface area (Å²) in [5.74, 6) is 3.13. The number of morpholine rings is 1. The summed E-state index contributed by atoms with van der Waals surface area (Å²) in [6.07, 6.45) is 0. The number of hydrogen-bond donors (Lipinski definition) is 1. The number of rotatable bonds is 6. The van der Waals surface area contributed by atoms with E-state index < -0.39 is 0 Å². The van der Waals surface area contributed by atoms with Crippen LogP contribution in [0, 0.1) is 0 Å². The number of hydrogen-bond acceptors (Lipinski definition) is 6. The number of aromatic nitrogens is 2. The second kappa shape index (κ2) is 8.71. The van der Waals surface area contributed by atoms with E-state index in [4.69, 9.17) is 19.4 Å². The minimum absolute atomic E-state index is 0.608. The fourth-order valence-corrected chi connectivity index (χ4v) is 3.16. The lowest BCUT2D eigenvalue weighted by atomic mass is 10.2. The number of benzene rings is 2. The van der Waals surface area contributed by atoms with Crippen LogP contribution in [0.25, 0.3) is 11.4 Å². The highest BCUT2D eigenvalue weighted by Crippen LogP contribution is 2.29. The highest BCUT2D eigenvalue weighted by Gasteiger charge is 2.16. The van der Waals surface area contributed by atoms with E-state index in [1.165, 1.54) is 0 Å². The van der Waals surface area contributed by atoms with Gasteiger partial charge in [0.05, 0.1) is 25.5 Å². The topological polar surface area (TPSA) is 59.5 Å². The van der Waals surface area contributed by atoms with Crippen molar-refractivity contribution in [3.63, 3.8) is 0 Å². The molecule has 3 aromatic rings. The van der Waals surface area contributed by atoms with Gasteiger partial charge in [-0.1, -0.05) is 42.5 Å². The first kappa shape index (κ1) is 18.3. The van der Waals surface area contributed by atoms with Crippen molar-refractivity contribution in [1.29, 1.82) is 0 Å². The van der Waals surface area contributed by atoms with E-state index in [9.17, 15) is 0 Å². The van der Waals surface area contributed by atoms with Gasteiger partial charge in [-0.3, -0.25) is 0 Å². The van der Waals surface area contributed by atoms with Gasteiger partial charge in [0.1, 0.15) is 17.4 Å². The Hall–Kier alpha value is -3.12. The maximum absolute atomic E-state index is 5.74. The van der Waals surface area contributed by atoms with Crippen LogP contribution in [0.4, 0.5) is 17.3 Å². The van der Waals surface area contributed by atoms with Gasteiger partial charge in [0, 0.05) is 24.7 Å². The molecule has 0 atom stereocenters. The van der Waals surface area contributed by atoms with Crippen molar-refractivity contribution < 1.29 is 9.47 Å². The van der Waals surface area contributed by atoms with Crippen molar-refractivity contribution in [2.75, 3.05) is 43.1 Å². The van der Waals surface area contributed by atoms with Crippen molar-refractivity contribution in [2.45, 2.75) is 6.92 Å². The number of nitrogens with one attached hydrogen (secondary N) is 1. The molecule has 1 aliphatic rings. The molecule has 6 heteroatoms. The van der Waals surface area contributed by atoms with Crippen LogP contribution in [-0.2, 0) is 4.74 Å². The lowest BCUT2D eigenvalue weighted by Gasteiger charge is -2.28. The molecule has 2 heterocycles. The molecule has 1 aromatic heterocycles. The molecule has 28 heavy (non-hydrogen) atoms. The SMILES string of the molecule is CCOc1ccccc1Nc1cc(N2CCOCC2)nc(-c2ccccc2)n1. The molecule has 0 unspecified atom stereocenters. The lowest BCUT2D eigenvalue weighted by molar-refractivity contribution is 0.122. The molecule has 0 aliphatic carbocycles. The Bertz CT molecular complexity index is 911. The Morgan fingerprint density at radius 3 is 2.54 bits per heavy atom. The molecule has 0 bridgehead atoms. The van der Waals surface area contributed by atoms with Gasteiger partial charge < -0.3 is 19.7 Å². The minimum atomic E-state index is 0.608. The number of ether oxygens (including phenoxy) is 2. The predicted molar refractivity (Wildman–Crippen MR) is 111 cm³/mol. The van der Waals surface area contributed by atoms with Gasteiger partial charge in [-0.25, -0.2) is 9.97 Å². The maximum atomic E-state index is 5.74. The van der Waals surface area contributed by atoms with Gasteiger partial charge in [0.25, 0.3) is 0 Å². The van der Waals surface area contributed by atoms with E-state index in [0.29, 0.717) is 25.6 Å². The van der Waals surface area contributed by atoms with E-state index >= 15 is 0 Å². The third-order valence-electron chi connectivity index (χ3n) is 4.53. The second-order valence-electron chi connectivity index (χ2n) is 6.45. The third-order valence-corrected chi connectivity index (χ3v) is 4.53. The molecule has 4 rings (SSSR count). The summed E-state index contributed by atoms with van der Waals surface area (Å²) in [5, 5.41) is 3.41. The Balaban J connectivity index is 1.71. The van der Waals surface area contributed by atoms with Crippen molar-refractivity contribution >= 4 is 17.3 Å². The predicted octanol–water partition coefficient (Wildman–Crippen LogP) is 4.12. The van der Waals surface area contributed by atoms with Crippen LogP contribution < -0.4 is 15.0 Å². The van der Waals surface area contributed by atoms with Crippen LogP contribution in [0.3, 0.4) is 0 Å². The number of nitrogens with zero attached hydrogens (tertiary/aromatic N) is 3. The van der Waals surface area contributed by atoms with Gasteiger partial charge in [0.2, 0.25) is 0 Å². The zero-order valence-corrected chi connectivity index (χ0v) is 16.0. The highest BCUT2D eigenvalue weighted by molar-refractivity contribution is 5.68. The van der Waals surface area contributed by atoms with Gasteiger partial charge in [-0.15, -0.1) is 0 Å². The Kier molecular flexibility index (Phi) is 5.68. The molecule has 6 nitrogen and oxygen atoms in total. The zero-order chi connectivity index (χ0) is 19.2. The highest BCUT2D eigenvalue weighted by atomic mass is 16.5. The van der Waals surface area contributed by atoms with Crippen LogP contribution in [-0.4, -0.2) is 42.9 Å². The molecule has 2 aromatic carbocycles. The first-order valence-electron chi connectivity index (χ1n) is 9.59. The average molecular weight is 376 g/mol. The summed E-state index contributed by atoms with van der Waals surface area (Å²) in [6.45, 7) is 5.64. The smallest absolute Gasteiger partial charge is 0.163 e. The molecular weight excluding hydrogens is 352 g/mol. The third kappa shape index (κ3) is 4.23. The van der Waals surface area contributed by atoms with Gasteiger partial charge in [0.15, 0.2) is 5.82 Å². The van der Waals surface area contributed by atoms with Crippen LogP contribution in [0.1, 0.15) is 6.92 Å². The summed E-state index contributed by atoms with van der Waals surface area (Å²) < 4.78 is 11.2. The summed E-state index contributed by atoms with van der Waals surface area (Å²) in [6, 6.07) is 19.9. The second-order valence-corrected chi connectivity index (χ2v) is 6.45. The van der Waals surface area contributed by atoms with E-state index in [1.807, 2.05) is 67.6 Å². The molecule has 1 aliphatic heterocycles. The Labute approximate surface area is 165 Å². The van der Waals surface area contributed by atoms with Crippen LogP contribution in [0.5, 0.6) is 5.75 Å². The van der Waals surface area contributed by atoms with E-state index in [1.54, 1.807) is 0 Å². The fraction of sp³-hybridized carbons (Fsp3) is 0.273. The number of anilines is 3. The minimum Gasteiger partial charge on any atom is -0.492 e. The first-order valence-corrected chi connectivity index (χ1v) is 9.59. The molecular formula is C22H24N4O2. The van der Waals surface area contributed by atoms with Crippen LogP contribution in [0.2, 0.25) is 0 Å². The molecule has 0 saturated carbocycles. The Morgan fingerprint density at radius 1 is 1.00 bits per heavy atom. The van der Waals surface area contributed by atoms with Crippen molar-refractivity contribution in [1.82, 2.24) is 9.97 Å². The quantitative estimate of drug-likeness (QED) is 0.698. The lowest BCUT2D eigenvalue weighted by Crippen LogP contribution is -2.36. The van der Waals surface area contributed by atoms with E-state index in [0.717, 1.165) is 41.7 Å². The van der Waals surface area contributed by atoms with E-state index in [-0.39, 0.29) is 0 Å². The maximum Gasteiger partial charge on any atom is 0.163 e. The number of para-hydroxylation sites is 2. The monoisotopic (exact) mass is 376 g/mol. The van der Waals surface area contributed by atoms with Crippen LogP contribution >= 0.6 is 0 Å². The van der Waals surface area contributed by atoms with Crippen LogP contribution in [0.15, 0.2) is 60.7 Å². The van der Waals surface area contributed by atoms with Gasteiger partial charge in [-0.05, 0) is 19.1 Å². The average Bonchev–Trinajstić information content (AvgIpc) is 2.76. The van der Waals surface area contributed by atoms with Crippen molar-refractivity contribution in [3.8, 4) is 17.1 Å². The summed E-state index contributed by atoms with van der Waals surface area (Å²) >= 11 is 0. The molecule has 0 amide bonds. The largest absolute Gasteiger partial charge is 0.492 e. The molecule has 1 fully saturated rings. The van der Waals surface area contributed by atoms with Gasteiger partial charge >= 0.3 is 0 Å². The molecule has 1 saturated heterocycles. The zero-order valence-electron chi connectivity index (χ0n) is 16.0. The molecule has 144 valence electrons. The first-order chi connectivity index (χ1) is 13.8. The van der Waals surface area contributed by atoms with Crippen molar-refractivity contribution in [2.24, 2.45) is 0 Å². The van der Waals surface area contributed by atoms with Crippen molar-refractivity contribution in [3.05, 3.63) is 60.7 Å². The molecule has 0 radical (unpaired) electrons.